The first-order valence-electron chi connectivity index (χ1n) is 4.78. The largest absolute Gasteiger partial charge is 0.328 e. The summed E-state index contributed by atoms with van der Waals surface area (Å²) in [6.07, 6.45) is 5.03. The number of hydrogen-bond acceptors (Lipinski definition) is 3. The van der Waals surface area contributed by atoms with Crippen LogP contribution in [0.15, 0.2) is 24.7 Å². The number of nitrogens with zero attached hydrogens (tertiary/aromatic N) is 4. The normalized spacial score (nSPS) is 10.5. The maximum Gasteiger partial charge on any atom is 0.246 e. The Kier molecular flexibility index (Phi) is 2.37. The molecule has 2 heterocycles. The molecule has 0 bridgehead atoms. The summed E-state index contributed by atoms with van der Waals surface area (Å²) in [6, 6.07) is 1.69. The van der Waals surface area contributed by atoms with Gasteiger partial charge in [0.05, 0.1) is 0 Å². The van der Waals surface area contributed by atoms with Crippen LogP contribution in [0.2, 0.25) is 0 Å². The SMILES string of the molecule is CCn1ccnc1C(=O)c1ccnn1C. The van der Waals surface area contributed by atoms with Crippen molar-refractivity contribution >= 4 is 5.78 Å². The zero-order valence-corrected chi connectivity index (χ0v) is 8.71. The monoisotopic (exact) mass is 204 g/mol. The second kappa shape index (κ2) is 3.68. The van der Waals surface area contributed by atoms with E-state index >= 15 is 0 Å². The lowest BCUT2D eigenvalue weighted by atomic mass is 10.2. The summed E-state index contributed by atoms with van der Waals surface area (Å²) in [5, 5.41) is 3.96. The molecule has 0 saturated heterocycles. The van der Waals surface area contributed by atoms with Crippen molar-refractivity contribution in [3.05, 3.63) is 36.2 Å². The van der Waals surface area contributed by atoms with Crippen molar-refractivity contribution in [2.45, 2.75) is 13.5 Å². The highest BCUT2D eigenvalue weighted by molar-refractivity contribution is 6.05. The van der Waals surface area contributed by atoms with E-state index in [0.717, 1.165) is 6.54 Å². The van der Waals surface area contributed by atoms with E-state index in [1.807, 2.05) is 11.5 Å². The zero-order chi connectivity index (χ0) is 10.8. The fourth-order valence-corrected chi connectivity index (χ4v) is 1.48. The molecule has 0 spiro atoms. The molecule has 0 amide bonds. The molecule has 5 heteroatoms. The number of aryl methyl sites for hydroxylation is 2. The summed E-state index contributed by atoms with van der Waals surface area (Å²) < 4.78 is 3.37. The van der Waals surface area contributed by atoms with Gasteiger partial charge in [0.25, 0.3) is 0 Å². The molecule has 2 aromatic rings. The quantitative estimate of drug-likeness (QED) is 0.697. The average molecular weight is 204 g/mol. The molecule has 0 aliphatic heterocycles. The van der Waals surface area contributed by atoms with Crippen LogP contribution in [0.1, 0.15) is 23.2 Å². The lowest BCUT2D eigenvalue weighted by Crippen LogP contribution is -2.14. The van der Waals surface area contributed by atoms with Gasteiger partial charge in [-0.05, 0) is 13.0 Å². The third-order valence-electron chi connectivity index (χ3n) is 2.31. The van der Waals surface area contributed by atoms with Gasteiger partial charge in [-0.25, -0.2) is 4.98 Å². The van der Waals surface area contributed by atoms with Crippen molar-refractivity contribution in [2.75, 3.05) is 0 Å². The van der Waals surface area contributed by atoms with E-state index in [4.69, 9.17) is 0 Å². The fourth-order valence-electron chi connectivity index (χ4n) is 1.48. The zero-order valence-electron chi connectivity index (χ0n) is 8.71. The molecule has 0 aliphatic carbocycles. The summed E-state index contributed by atoms with van der Waals surface area (Å²) >= 11 is 0. The molecule has 78 valence electrons. The Labute approximate surface area is 87.4 Å². The van der Waals surface area contributed by atoms with Crippen molar-refractivity contribution in [3.63, 3.8) is 0 Å². The van der Waals surface area contributed by atoms with E-state index in [1.165, 1.54) is 0 Å². The molecule has 0 fully saturated rings. The highest BCUT2D eigenvalue weighted by Crippen LogP contribution is 2.06. The van der Waals surface area contributed by atoms with Gasteiger partial charge in [0.2, 0.25) is 5.78 Å². The van der Waals surface area contributed by atoms with Crippen LogP contribution in [0.5, 0.6) is 0 Å². The van der Waals surface area contributed by atoms with Crippen LogP contribution in [0.4, 0.5) is 0 Å². The van der Waals surface area contributed by atoms with Gasteiger partial charge in [-0.3, -0.25) is 9.48 Å². The van der Waals surface area contributed by atoms with E-state index < -0.39 is 0 Å². The summed E-state index contributed by atoms with van der Waals surface area (Å²) in [4.78, 5) is 16.1. The van der Waals surface area contributed by atoms with Crippen molar-refractivity contribution in [3.8, 4) is 0 Å². The Balaban J connectivity index is 2.41. The molecular weight excluding hydrogens is 192 g/mol. The summed E-state index contributed by atoms with van der Waals surface area (Å²) in [6.45, 7) is 2.71. The van der Waals surface area contributed by atoms with Crippen molar-refractivity contribution < 1.29 is 4.79 Å². The van der Waals surface area contributed by atoms with E-state index in [9.17, 15) is 4.79 Å². The first-order chi connectivity index (χ1) is 7.24. The van der Waals surface area contributed by atoms with Gasteiger partial charge in [0, 0.05) is 32.2 Å². The highest BCUT2D eigenvalue weighted by atomic mass is 16.1. The van der Waals surface area contributed by atoms with Crippen LogP contribution in [0, 0.1) is 0 Å². The maximum absolute atomic E-state index is 12.0. The van der Waals surface area contributed by atoms with Crippen LogP contribution < -0.4 is 0 Å². The van der Waals surface area contributed by atoms with Crippen LogP contribution >= 0.6 is 0 Å². The molecule has 5 nitrogen and oxygen atoms in total. The van der Waals surface area contributed by atoms with Crippen molar-refractivity contribution in [2.24, 2.45) is 7.05 Å². The minimum atomic E-state index is -0.0955. The predicted octanol–water partition coefficient (Wildman–Crippen LogP) is 0.867. The minimum Gasteiger partial charge on any atom is -0.328 e. The number of carbonyl (C=O) groups excluding carboxylic acids is 1. The standard InChI is InChI=1S/C10H12N4O/c1-3-14-7-6-11-10(14)9(15)8-4-5-12-13(8)2/h4-7H,3H2,1-2H3. The number of hydrogen-bond donors (Lipinski definition) is 0. The molecule has 0 radical (unpaired) electrons. The molecule has 0 N–H and O–H groups in total. The average Bonchev–Trinajstić information content (AvgIpc) is 2.84. The van der Waals surface area contributed by atoms with Gasteiger partial charge in [0.15, 0.2) is 5.82 Å². The maximum atomic E-state index is 12.0. The molecule has 0 atom stereocenters. The smallest absolute Gasteiger partial charge is 0.246 e. The van der Waals surface area contributed by atoms with Crippen LogP contribution in [0.3, 0.4) is 0 Å². The lowest BCUT2D eigenvalue weighted by molar-refractivity contribution is 0.101. The van der Waals surface area contributed by atoms with Gasteiger partial charge >= 0.3 is 0 Å². The lowest BCUT2D eigenvalue weighted by Gasteiger charge is -2.03. The van der Waals surface area contributed by atoms with E-state index in [1.54, 1.807) is 36.4 Å². The Bertz CT molecular complexity index is 483. The summed E-state index contributed by atoms with van der Waals surface area (Å²) in [5.74, 6) is 0.364. The fraction of sp³-hybridized carbons (Fsp3) is 0.300. The minimum absolute atomic E-state index is 0.0955. The number of carbonyl (C=O) groups is 1. The molecule has 0 aliphatic rings. The molecule has 0 unspecified atom stereocenters. The topological polar surface area (TPSA) is 52.7 Å². The number of aromatic nitrogens is 4. The molecular formula is C10H12N4O. The van der Waals surface area contributed by atoms with Crippen molar-refractivity contribution in [1.29, 1.82) is 0 Å². The Hall–Kier alpha value is -1.91. The van der Waals surface area contributed by atoms with E-state index in [0.29, 0.717) is 11.5 Å². The van der Waals surface area contributed by atoms with Crippen LogP contribution in [-0.2, 0) is 13.6 Å². The van der Waals surface area contributed by atoms with Crippen LogP contribution in [0.25, 0.3) is 0 Å². The van der Waals surface area contributed by atoms with Gasteiger partial charge in [0.1, 0.15) is 5.69 Å². The number of rotatable bonds is 3. The second-order valence-corrected chi connectivity index (χ2v) is 3.21. The summed E-state index contributed by atoms with van der Waals surface area (Å²) in [7, 11) is 1.74. The Morgan fingerprint density at radius 3 is 2.87 bits per heavy atom. The first kappa shape index (κ1) is 9.64. The van der Waals surface area contributed by atoms with Gasteiger partial charge < -0.3 is 4.57 Å². The highest BCUT2D eigenvalue weighted by Gasteiger charge is 2.17. The predicted molar refractivity (Wildman–Crippen MR) is 54.5 cm³/mol. The number of ketones is 1. The molecule has 2 aromatic heterocycles. The van der Waals surface area contributed by atoms with Gasteiger partial charge in [-0.2, -0.15) is 5.10 Å². The van der Waals surface area contributed by atoms with Gasteiger partial charge in [-0.1, -0.05) is 0 Å². The Morgan fingerprint density at radius 1 is 1.47 bits per heavy atom. The molecule has 0 aromatic carbocycles. The van der Waals surface area contributed by atoms with Gasteiger partial charge in [-0.15, -0.1) is 0 Å². The first-order valence-corrected chi connectivity index (χ1v) is 4.78. The molecule has 2 rings (SSSR count). The molecule has 15 heavy (non-hydrogen) atoms. The Morgan fingerprint density at radius 2 is 2.27 bits per heavy atom. The van der Waals surface area contributed by atoms with Crippen LogP contribution in [-0.4, -0.2) is 25.1 Å². The number of imidazole rings is 1. The van der Waals surface area contributed by atoms with Crippen molar-refractivity contribution in [1.82, 2.24) is 19.3 Å². The summed E-state index contributed by atoms with van der Waals surface area (Å²) in [5.41, 5.74) is 0.552. The third kappa shape index (κ3) is 1.56. The second-order valence-electron chi connectivity index (χ2n) is 3.21. The molecule has 0 saturated carbocycles. The van der Waals surface area contributed by atoms with E-state index in [-0.39, 0.29) is 5.78 Å². The van der Waals surface area contributed by atoms with E-state index in [2.05, 4.69) is 10.1 Å². The third-order valence-corrected chi connectivity index (χ3v) is 2.31.